The second kappa shape index (κ2) is 5.54. The molecular formula is C13H17BrN2O. The van der Waals surface area contributed by atoms with Crippen LogP contribution in [0.3, 0.4) is 0 Å². The summed E-state index contributed by atoms with van der Waals surface area (Å²) in [4.78, 5) is 13.9. The fourth-order valence-corrected chi connectivity index (χ4v) is 2.40. The van der Waals surface area contributed by atoms with E-state index in [1.165, 1.54) is 6.42 Å². The highest BCUT2D eigenvalue weighted by Crippen LogP contribution is 2.24. The Hall–Kier alpha value is -1.03. The van der Waals surface area contributed by atoms with Gasteiger partial charge < -0.3 is 10.2 Å². The summed E-state index contributed by atoms with van der Waals surface area (Å²) in [5.41, 5.74) is 1.95. The maximum atomic E-state index is 12.0. The zero-order valence-corrected chi connectivity index (χ0v) is 11.6. The van der Waals surface area contributed by atoms with Crippen molar-refractivity contribution in [3.05, 3.63) is 28.2 Å². The summed E-state index contributed by atoms with van der Waals surface area (Å²) in [6.07, 6.45) is 3.47. The Morgan fingerprint density at radius 1 is 1.29 bits per heavy atom. The Balaban J connectivity index is 2.04. The number of carbonyl (C=O) groups excluding carboxylic acids is 1. The highest BCUT2D eigenvalue weighted by molar-refractivity contribution is 9.10. The van der Waals surface area contributed by atoms with E-state index in [0.29, 0.717) is 0 Å². The molecule has 0 aliphatic carbocycles. The second-order valence-electron chi connectivity index (χ2n) is 4.39. The van der Waals surface area contributed by atoms with E-state index in [1.54, 1.807) is 0 Å². The number of nitrogens with zero attached hydrogens (tertiary/aromatic N) is 1. The van der Waals surface area contributed by atoms with Gasteiger partial charge in [0.1, 0.15) is 0 Å². The molecule has 0 unspecified atom stereocenters. The molecule has 2 rings (SSSR count). The predicted octanol–water partition coefficient (Wildman–Crippen LogP) is 3.78. The number of urea groups is 1. The Morgan fingerprint density at radius 2 is 2.00 bits per heavy atom. The highest BCUT2D eigenvalue weighted by atomic mass is 79.9. The van der Waals surface area contributed by atoms with Gasteiger partial charge >= 0.3 is 6.03 Å². The topological polar surface area (TPSA) is 32.3 Å². The van der Waals surface area contributed by atoms with E-state index in [4.69, 9.17) is 0 Å². The number of amides is 2. The molecule has 0 bridgehead atoms. The van der Waals surface area contributed by atoms with E-state index in [2.05, 4.69) is 21.2 Å². The fourth-order valence-electron chi connectivity index (χ4n) is 2.03. The molecule has 1 aromatic carbocycles. The molecule has 1 N–H and O–H groups in total. The van der Waals surface area contributed by atoms with Crippen LogP contribution in [0.5, 0.6) is 0 Å². The van der Waals surface area contributed by atoms with Gasteiger partial charge in [0.15, 0.2) is 0 Å². The molecule has 1 saturated heterocycles. The van der Waals surface area contributed by atoms with Crippen molar-refractivity contribution in [2.75, 3.05) is 18.4 Å². The third-order valence-corrected chi connectivity index (χ3v) is 4.01. The fraction of sp³-hybridized carbons (Fsp3) is 0.462. The van der Waals surface area contributed by atoms with Crippen molar-refractivity contribution in [2.24, 2.45) is 0 Å². The molecule has 1 heterocycles. The molecule has 0 radical (unpaired) electrons. The molecule has 1 aromatic rings. The number of carbonyl (C=O) groups is 1. The quantitative estimate of drug-likeness (QED) is 0.840. The summed E-state index contributed by atoms with van der Waals surface area (Å²) in [7, 11) is 0. The van der Waals surface area contributed by atoms with Crippen molar-refractivity contribution in [2.45, 2.75) is 26.2 Å². The summed E-state index contributed by atoms with van der Waals surface area (Å²) < 4.78 is 1.02. The molecule has 1 aliphatic heterocycles. The van der Waals surface area contributed by atoms with Crippen molar-refractivity contribution >= 4 is 27.6 Å². The average molecular weight is 297 g/mol. The van der Waals surface area contributed by atoms with Crippen LogP contribution in [0.25, 0.3) is 0 Å². The molecule has 92 valence electrons. The standard InChI is InChI=1S/C13H17BrN2O/c1-10-11(14)6-5-7-12(10)15-13(17)16-8-3-2-4-9-16/h5-7H,2-4,8-9H2,1H3,(H,15,17). The van der Waals surface area contributed by atoms with E-state index >= 15 is 0 Å². The molecule has 17 heavy (non-hydrogen) atoms. The number of nitrogens with one attached hydrogen (secondary N) is 1. The lowest BCUT2D eigenvalue weighted by atomic mass is 10.1. The van der Waals surface area contributed by atoms with Gasteiger partial charge in [-0.2, -0.15) is 0 Å². The number of rotatable bonds is 1. The van der Waals surface area contributed by atoms with Crippen LogP contribution in [0.1, 0.15) is 24.8 Å². The Morgan fingerprint density at radius 3 is 2.71 bits per heavy atom. The van der Waals surface area contributed by atoms with Crippen molar-refractivity contribution in [1.82, 2.24) is 4.90 Å². The first-order valence-corrected chi connectivity index (χ1v) is 6.79. The molecule has 1 aliphatic rings. The lowest BCUT2D eigenvalue weighted by Crippen LogP contribution is -2.38. The Bertz CT molecular complexity index is 414. The van der Waals surface area contributed by atoms with Crippen LogP contribution in [-0.2, 0) is 0 Å². The number of piperidine rings is 1. The average Bonchev–Trinajstić information content (AvgIpc) is 2.36. The third kappa shape index (κ3) is 3.00. The van der Waals surface area contributed by atoms with Gasteiger partial charge in [-0.1, -0.05) is 22.0 Å². The number of likely N-dealkylation sites (tertiary alicyclic amines) is 1. The van der Waals surface area contributed by atoms with Gasteiger partial charge in [-0.3, -0.25) is 0 Å². The largest absolute Gasteiger partial charge is 0.325 e. The van der Waals surface area contributed by atoms with Gasteiger partial charge in [0.05, 0.1) is 0 Å². The van der Waals surface area contributed by atoms with E-state index in [-0.39, 0.29) is 6.03 Å². The van der Waals surface area contributed by atoms with Gasteiger partial charge in [0.2, 0.25) is 0 Å². The molecule has 3 nitrogen and oxygen atoms in total. The van der Waals surface area contributed by atoms with E-state index in [9.17, 15) is 4.79 Å². The van der Waals surface area contributed by atoms with Gasteiger partial charge in [0, 0.05) is 23.2 Å². The first-order chi connectivity index (χ1) is 8.18. The van der Waals surface area contributed by atoms with Gasteiger partial charge in [-0.15, -0.1) is 0 Å². The molecule has 4 heteroatoms. The molecule has 1 fully saturated rings. The lowest BCUT2D eigenvalue weighted by Gasteiger charge is -2.27. The first-order valence-electron chi connectivity index (χ1n) is 5.99. The van der Waals surface area contributed by atoms with E-state index in [1.807, 2.05) is 30.0 Å². The van der Waals surface area contributed by atoms with E-state index in [0.717, 1.165) is 41.7 Å². The number of anilines is 1. The van der Waals surface area contributed by atoms with E-state index < -0.39 is 0 Å². The number of benzene rings is 1. The Labute approximate surface area is 110 Å². The summed E-state index contributed by atoms with van der Waals surface area (Å²) in [6.45, 7) is 3.74. The van der Waals surface area contributed by atoms with Crippen LogP contribution >= 0.6 is 15.9 Å². The number of hydrogen-bond donors (Lipinski definition) is 1. The molecule has 0 aromatic heterocycles. The summed E-state index contributed by atoms with van der Waals surface area (Å²) in [5.74, 6) is 0. The number of halogens is 1. The molecular weight excluding hydrogens is 280 g/mol. The van der Waals surface area contributed by atoms with Gasteiger partial charge in [0.25, 0.3) is 0 Å². The summed E-state index contributed by atoms with van der Waals surface area (Å²) in [6, 6.07) is 5.86. The predicted molar refractivity (Wildman–Crippen MR) is 73.3 cm³/mol. The zero-order chi connectivity index (χ0) is 12.3. The van der Waals surface area contributed by atoms with Crippen LogP contribution in [0, 0.1) is 6.92 Å². The minimum Gasteiger partial charge on any atom is -0.325 e. The maximum absolute atomic E-state index is 12.0. The summed E-state index contributed by atoms with van der Waals surface area (Å²) in [5, 5.41) is 2.98. The second-order valence-corrected chi connectivity index (χ2v) is 5.24. The number of hydrogen-bond acceptors (Lipinski definition) is 1. The van der Waals surface area contributed by atoms with Crippen LogP contribution in [-0.4, -0.2) is 24.0 Å². The molecule has 2 amide bonds. The SMILES string of the molecule is Cc1c(Br)cccc1NC(=O)N1CCCCC1. The zero-order valence-electron chi connectivity index (χ0n) is 10.0. The van der Waals surface area contributed by atoms with Crippen molar-refractivity contribution < 1.29 is 4.79 Å². The van der Waals surface area contributed by atoms with Crippen LogP contribution < -0.4 is 5.32 Å². The van der Waals surface area contributed by atoms with Gasteiger partial charge in [-0.05, 0) is 43.9 Å². The third-order valence-electron chi connectivity index (χ3n) is 3.15. The minimum absolute atomic E-state index is 0.0194. The highest BCUT2D eigenvalue weighted by Gasteiger charge is 2.17. The molecule has 0 spiro atoms. The maximum Gasteiger partial charge on any atom is 0.321 e. The summed E-state index contributed by atoms with van der Waals surface area (Å²) >= 11 is 3.47. The lowest BCUT2D eigenvalue weighted by molar-refractivity contribution is 0.200. The van der Waals surface area contributed by atoms with Gasteiger partial charge in [-0.25, -0.2) is 4.79 Å². The van der Waals surface area contributed by atoms with Crippen LogP contribution in [0.15, 0.2) is 22.7 Å². The van der Waals surface area contributed by atoms with Crippen LogP contribution in [0.4, 0.5) is 10.5 Å². The Kier molecular flexibility index (Phi) is 4.05. The smallest absolute Gasteiger partial charge is 0.321 e. The van der Waals surface area contributed by atoms with Crippen LogP contribution in [0.2, 0.25) is 0 Å². The monoisotopic (exact) mass is 296 g/mol. The molecule has 0 atom stereocenters. The van der Waals surface area contributed by atoms with Crippen molar-refractivity contribution in [3.63, 3.8) is 0 Å². The van der Waals surface area contributed by atoms with Crippen molar-refractivity contribution in [1.29, 1.82) is 0 Å². The first kappa shape index (κ1) is 12.4. The molecule has 0 saturated carbocycles. The minimum atomic E-state index is 0.0194. The normalized spacial score (nSPS) is 15.8. The van der Waals surface area contributed by atoms with Crippen molar-refractivity contribution in [3.8, 4) is 0 Å².